The van der Waals surface area contributed by atoms with Crippen molar-refractivity contribution in [3.8, 4) is 0 Å². The van der Waals surface area contributed by atoms with Crippen LogP contribution in [-0.2, 0) is 0 Å². The first-order valence-corrected chi connectivity index (χ1v) is 6.23. The second-order valence-electron chi connectivity index (χ2n) is 2.61. The van der Waals surface area contributed by atoms with E-state index >= 15 is 0 Å². The van der Waals surface area contributed by atoms with E-state index < -0.39 is 0 Å². The molecule has 0 unspecified atom stereocenters. The fraction of sp³-hybridized carbons (Fsp3) is 0. The molecule has 1 aromatic heterocycles. The van der Waals surface area contributed by atoms with Gasteiger partial charge in [0.15, 0.2) is 3.92 Å². The number of hydrogen-bond donors (Lipinski definition) is 1. The van der Waals surface area contributed by atoms with Crippen molar-refractivity contribution in [3.63, 3.8) is 0 Å². The lowest BCUT2D eigenvalue weighted by atomic mass is 10.3. The predicted octanol–water partition coefficient (Wildman–Crippen LogP) is 4.35. The second kappa shape index (κ2) is 4.65. The summed E-state index contributed by atoms with van der Waals surface area (Å²) in [7, 11) is 0. The van der Waals surface area contributed by atoms with Crippen molar-refractivity contribution in [2.45, 2.75) is 0 Å². The zero-order valence-electron chi connectivity index (χ0n) is 7.17. The van der Waals surface area contributed by atoms with Gasteiger partial charge in [0.25, 0.3) is 0 Å². The molecule has 0 saturated carbocycles. The molecule has 7 heteroatoms. The molecular weight excluding hydrogens is 321 g/mol. The van der Waals surface area contributed by atoms with Crippen LogP contribution in [0.5, 0.6) is 0 Å². The SMILES string of the molecule is Clc1ccc(Nc2nnc(Br)s2)c(Cl)c1. The van der Waals surface area contributed by atoms with Crippen LogP contribution >= 0.6 is 50.5 Å². The van der Waals surface area contributed by atoms with Crippen LogP contribution in [0.4, 0.5) is 10.8 Å². The fourth-order valence-corrected chi connectivity index (χ4v) is 2.44. The third kappa shape index (κ3) is 2.81. The number of nitrogens with one attached hydrogen (secondary N) is 1. The molecule has 0 atom stereocenters. The Labute approximate surface area is 109 Å². The highest BCUT2D eigenvalue weighted by atomic mass is 79.9. The van der Waals surface area contributed by atoms with Gasteiger partial charge in [0.05, 0.1) is 10.7 Å². The average molecular weight is 325 g/mol. The summed E-state index contributed by atoms with van der Waals surface area (Å²) in [6, 6.07) is 5.22. The smallest absolute Gasteiger partial charge is 0.210 e. The van der Waals surface area contributed by atoms with Crippen LogP contribution in [0.15, 0.2) is 22.1 Å². The van der Waals surface area contributed by atoms with E-state index in [2.05, 4.69) is 31.4 Å². The van der Waals surface area contributed by atoms with Crippen LogP contribution in [0.2, 0.25) is 10.0 Å². The summed E-state index contributed by atoms with van der Waals surface area (Å²) in [5.41, 5.74) is 0.754. The maximum atomic E-state index is 5.98. The largest absolute Gasteiger partial charge is 0.329 e. The van der Waals surface area contributed by atoms with Crippen molar-refractivity contribution in [2.24, 2.45) is 0 Å². The van der Waals surface area contributed by atoms with Gasteiger partial charge in [-0.15, -0.1) is 10.2 Å². The molecule has 78 valence electrons. The fourth-order valence-electron chi connectivity index (χ4n) is 0.962. The Bertz CT molecular complexity index is 488. The van der Waals surface area contributed by atoms with Gasteiger partial charge in [0.2, 0.25) is 5.13 Å². The van der Waals surface area contributed by atoms with Gasteiger partial charge in [0.1, 0.15) is 0 Å². The molecule has 1 heterocycles. The lowest BCUT2D eigenvalue weighted by molar-refractivity contribution is 1.07. The van der Waals surface area contributed by atoms with Crippen LogP contribution < -0.4 is 5.32 Å². The standard InChI is InChI=1S/C8H4BrCl2N3S/c9-7-13-14-8(15-7)12-6-2-1-4(10)3-5(6)11/h1-3H,(H,12,14). The van der Waals surface area contributed by atoms with E-state index in [0.717, 1.165) is 9.60 Å². The van der Waals surface area contributed by atoms with Gasteiger partial charge < -0.3 is 5.32 Å². The summed E-state index contributed by atoms with van der Waals surface area (Å²) in [6.07, 6.45) is 0. The summed E-state index contributed by atoms with van der Waals surface area (Å²) >= 11 is 16.4. The molecule has 0 saturated heterocycles. The van der Waals surface area contributed by atoms with Gasteiger partial charge in [-0.25, -0.2) is 0 Å². The van der Waals surface area contributed by atoms with Crippen LogP contribution in [0, 0.1) is 0 Å². The molecule has 0 aliphatic carbocycles. The van der Waals surface area contributed by atoms with Crippen LogP contribution in [-0.4, -0.2) is 10.2 Å². The predicted molar refractivity (Wildman–Crippen MR) is 67.4 cm³/mol. The van der Waals surface area contributed by atoms with E-state index in [0.29, 0.717) is 15.2 Å². The van der Waals surface area contributed by atoms with Gasteiger partial charge in [-0.1, -0.05) is 34.5 Å². The molecule has 0 radical (unpaired) electrons. The zero-order chi connectivity index (χ0) is 10.8. The highest BCUT2D eigenvalue weighted by Crippen LogP contribution is 2.30. The summed E-state index contributed by atoms with van der Waals surface area (Å²) < 4.78 is 0.718. The van der Waals surface area contributed by atoms with Gasteiger partial charge in [0, 0.05) is 5.02 Å². The minimum atomic E-state index is 0.550. The van der Waals surface area contributed by atoms with E-state index in [4.69, 9.17) is 23.2 Å². The third-order valence-electron chi connectivity index (χ3n) is 1.57. The highest BCUT2D eigenvalue weighted by molar-refractivity contribution is 9.11. The van der Waals surface area contributed by atoms with Crippen molar-refractivity contribution in [3.05, 3.63) is 32.2 Å². The van der Waals surface area contributed by atoms with Gasteiger partial charge in [-0.05, 0) is 34.1 Å². The molecule has 0 spiro atoms. The minimum Gasteiger partial charge on any atom is -0.329 e. The number of rotatable bonds is 2. The quantitative estimate of drug-likeness (QED) is 0.892. The molecule has 2 aromatic rings. The Hall–Kier alpha value is -0.360. The zero-order valence-corrected chi connectivity index (χ0v) is 11.1. The number of nitrogens with zero attached hydrogens (tertiary/aromatic N) is 2. The second-order valence-corrected chi connectivity index (χ2v) is 5.71. The van der Waals surface area contributed by atoms with E-state index in [-0.39, 0.29) is 0 Å². The van der Waals surface area contributed by atoms with Crippen molar-refractivity contribution < 1.29 is 0 Å². The van der Waals surface area contributed by atoms with Crippen molar-refractivity contribution in [1.29, 1.82) is 0 Å². The summed E-state index contributed by atoms with van der Waals surface area (Å²) in [5, 5.41) is 12.6. The monoisotopic (exact) mass is 323 g/mol. The Kier molecular flexibility index (Phi) is 3.45. The molecule has 1 aromatic carbocycles. The summed E-state index contributed by atoms with van der Waals surface area (Å²) in [5.74, 6) is 0. The third-order valence-corrected chi connectivity index (χ3v) is 3.39. The summed E-state index contributed by atoms with van der Waals surface area (Å²) in [6.45, 7) is 0. The Morgan fingerprint density at radius 1 is 1.27 bits per heavy atom. The van der Waals surface area contributed by atoms with E-state index in [9.17, 15) is 0 Å². The number of aromatic nitrogens is 2. The molecule has 0 fully saturated rings. The lowest BCUT2D eigenvalue weighted by Gasteiger charge is -2.04. The van der Waals surface area contributed by atoms with E-state index in [1.54, 1.807) is 18.2 Å². The number of halogens is 3. The van der Waals surface area contributed by atoms with Crippen molar-refractivity contribution in [1.82, 2.24) is 10.2 Å². The Morgan fingerprint density at radius 3 is 2.67 bits per heavy atom. The van der Waals surface area contributed by atoms with Gasteiger partial charge in [-0.2, -0.15) is 0 Å². The van der Waals surface area contributed by atoms with E-state index in [1.807, 2.05) is 0 Å². The van der Waals surface area contributed by atoms with Gasteiger partial charge >= 0.3 is 0 Å². The van der Waals surface area contributed by atoms with Crippen molar-refractivity contribution >= 4 is 61.3 Å². The number of anilines is 2. The minimum absolute atomic E-state index is 0.550. The molecule has 0 amide bonds. The summed E-state index contributed by atoms with van der Waals surface area (Å²) in [4.78, 5) is 0. The molecule has 2 rings (SSSR count). The first-order chi connectivity index (χ1) is 7.15. The van der Waals surface area contributed by atoms with Crippen LogP contribution in [0.1, 0.15) is 0 Å². The lowest BCUT2D eigenvalue weighted by Crippen LogP contribution is -1.90. The molecule has 0 bridgehead atoms. The average Bonchev–Trinajstić information content (AvgIpc) is 2.56. The Balaban J connectivity index is 2.24. The first-order valence-electron chi connectivity index (χ1n) is 3.86. The molecule has 3 nitrogen and oxygen atoms in total. The molecule has 0 aliphatic rings. The van der Waals surface area contributed by atoms with Crippen LogP contribution in [0.25, 0.3) is 0 Å². The highest BCUT2D eigenvalue weighted by Gasteiger charge is 2.05. The van der Waals surface area contributed by atoms with Gasteiger partial charge in [-0.3, -0.25) is 0 Å². The topological polar surface area (TPSA) is 37.8 Å². The van der Waals surface area contributed by atoms with E-state index in [1.165, 1.54) is 11.3 Å². The Morgan fingerprint density at radius 2 is 2.07 bits per heavy atom. The van der Waals surface area contributed by atoms with Crippen molar-refractivity contribution in [2.75, 3.05) is 5.32 Å². The first kappa shape index (κ1) is 11.1. The normalized spacial score (nSPS) is 10.3. The molecule has 0 aliphatic heterocycles. The number of benzene rings is 1. The molecule has 1 N–H and O–H groups in total. The maximum Gasteiger partial charge on any atom is 0.210 e. The number of hydrogen-bond acceptors (Lipinski definition) is 4. The maximum absolute atomic E-state index is 5.98. The molecular formula is C8H4BrCl2N3S. The molecule has 15 heavy (non-hydrogen) atoms. The van der Waals surface area contributed by atoms with Crippen LogP contribution in [0.3, 0.4) is 0 Å².